The molecule has 0 heterocycles. The first-order valence-electron chi connectivity index (χ1n) is 6.34. The van der Waals surface area contributed by atoms with Crippen LogP contribution in [0, 0.1) is 0 Å². The number of hydrogen-bond donors (Lipinski definition) is 2. The lowest BCUT2D eigenvalue weighted by Crippen LogP contribution is -2.20. The van der Waals surface area contributed by atoms with E-state index < -0.39 is 10.0 Å². The van der Waals surface area contributed by atoms with Crippen molar-refractivity contribution in [2.75, 3.05) is 24.1 Å². The normalized spacial score (nSPS) is 11.7. The molecule has 0 unspecified atom stereocenters. The van der Waals surface area contributed by atoms with Crippen LogP contribution in [0.3, 0.4) is 0 Å². The molecule has 0 saturated carbocycles. The van der Waals surface area contributed by atoms with E-state index in [1.54, 1.807) is 6.07 Å². The molecule has 20 heavy (non-hydrogen) atoms. The molecule has 0 aliphatic heterocycles. The molecule has 2 rings (SSSR count). The summed E-state index contributed by atoms with van der Waals surface area (Å²) >= 11 is 3.42. The Kier molecular flexibility index (Phi) is 5.01. The zero-order chi connectivity index (χ0) is 14.6. The van der Waals surface area contributed by atoms with Gasteiger partial charge in [0.1, 0.15) is 0 Å². The van der Waals surface area contributed by atoms with Gasteiger partial charge < -0.3 is 5.32 Å². The molecule has 0 bridgehead atoms. The second kappa shape index (κ2) is 6.56. The fourth-order valence-electron chi connectivity index (χ4n) is 1.95. The van der Waals surface area contributed by atoms with E-state index in [1.807, 2.05) is 37.4 Å². The summed E-state index contributed by atoms with van der Waals surface area (Å²) in [5.41, 5.74) is 0.601. The summed E-state index contributed by atoms with van der Waals surface area (Å²) in [6.45, 7) is 0.687. The highest BCUT2D eigenvalue weighted by molar-refractivity contribution is 9.10. The molecule has 0 fully saturated rings. The molecule has 2 aromatic rings. The van der Waals surface area contributed by atoms with Crippen molar-refractivity contribution in [3.05, 3.63) is 40.9 Å². The third-order valence-electron chi connectivity index (χ3n) is 2.92. The molecular weight excluding hydrogens is 340 g/mol. The molecule has 0 radical (unpaired) electrons. The van der Waals surface area contributed by atoms with E-state index in [2.05, 4.69) is 26.0 Å². The lowest BCUT2D eigenvalue weighted by atomic mass is 10.1. The van der Waals surface area contributed by atoms with Gasteiger partial charge in [0.2, 0.25) is 10.0 Å². The number of rotatable bonds is 6. The van der Waals surface area contributed by atoms with Crippen molar-refractivity contribution < 1.29 is 8.42 Å². The maximum Gasteiger partial charge on any atom is 0.232 e. The van der Waals surface area contributed by atoms with Crippen LogP contribution >= 0.6 is 15.9 Å². The molecule has 0 aliphatic rings. The largest absolute Gasteiger partial charge is 0.320 e. The topological polar surface area (TPSA) is 58.2 Å². The van der Waals surface area contributed by atoms with Gasteiger partial charge in [0.25, 0.3) is 0 Å². The molecule has 0 atom stereocenters. The fraction of sp³-hybridized carbons (Fsp3) is 0.286. The quantitative estimate of drug-likeness (QED) is 0.782. The molecule has 0 saturated heterocycles. The lowest BCUT2D eigenvalue weighted by molar-refractivity contribution is 0.597. The summed E-state index contributed by atoms with van der Waals surface area (Å²) in [6, 6.07) is 11.4. The van der Waals surface area contributed by atoms with E-state index in [9.17, 15) is 8.42 Å². The van der Waals surface area contributed by atoms with Gasteiger partial charge in [-0.3, -0.25) is 4.72 Å². The average Bonchev–Trinajstić information content (AvgIpc) is 2.38. The van der Waals surface area contributed by atoms with Crippen LogP contribution in [0.15, 0.2) is 40.9 Å². The Hall–Kier alpha value is -1.11. The first-order valence-corrected chi connectivity index (χ1v) is 8.79. The number of sulfonamides is 1. The highest BCUT2D eigenvalue weighted by atomic mass is 79.9. The van der Waals surface area contributed by atoms with E-state index in [1.165, 1.54) is 0 Å². The molecule has 4 nitrogen and oxygen atoms in total. The summed E-state index contributed by atoms with van der Waals surface area (Å²) < 4.78 is 27.5. The predicted molar refractivity (Wildman–Crippen MR) is 87.6 cm³/mol. The van der Waals surface area contributed by atoms with Crippen LogP contribution in [-0.2, 0) is 10.0 Å². The van der Waals surface area contributed by atoms with Crippen molar-refractivity contribution in [1.82, 2.24) is 5.32 Å². The van der Waals surface area contributed by atoms with E-state index in [4.69, 9.17) is 0 Å². The summed E-state index contributed by atoms with van der Waals surface area (Å²) in [5, 5.41) is 5.01. The molecule has 0 spiro atoms. The molecule has 2 N–H and O–H groups in total. The number of hydrogen-bond acceptors (Lipinski definition) is 3. The van der Waals surface area contributed by atoms with Crippen molar-refractivity contribution in [2.24, 2.45) is 0 Å². The Morgan fingerprint density at radius 2 is 1.80 bits per heavy atom. The zero-order valence-electron chi connectivity index (χ0n) is 11.2. The van der Waals surface area contributed by atoms with Gasteiger partial charge >= 0.3 is 0 Å². The maximum atomic E-state index is 11.9. The molecule has 108 valence electrons. The zero-order valence-corrected chi connectivity index (χ0v) is 13.6. The van der Waals surface area contributed by atoms with E-state index in [0.717, 1.165) is 15.2 Å². The Balaban J connectivity index is 2.15. The Bertz CT molecular complexity index is 701. The molecular formula is C14H17BrN2O2S. The Morgan fingerprint density at radius 1 is 1.10 bits per heavy atom. The molecule has 0 aliphatic carbocycles. The average molecular weight is 357 g/mol. The van der Waals surface area contributed by atoms with E-state index in [0.29, 0.717) is 18.7 Å². The minimum atomic E-state index is -3.28. The third-order valence-corrected chi connectivity index (χ3v) is 4.78. The minimum absolute atomic E-state index is 0.117. The van der Waals surface area contributed by atoms with Crippen LogP contribution in [0.5, 0.6) is 0 Å². The Morgan fingerprint density at radius 3 is 2.55 bits per heavy atom. The lowest BCUT2D eigenvalue weighted by Gasteiger charge is -2.09. The fourth-order valence-corrected chi connectivity index (χ4v) is 3.44. The maximum absolute atomic E-state index is 11.9. The number of halogens is 1. The van der Waals surface area contributed by atoms with Gasteiger partial charge in [0, 0.05) is 10.2 Å². The van der Waals surface area contributed by atoms with Gasteiger partial charge in [-0.25, -0.2) is 8.42 Å². The molecule has 6 heteroatoms. The number of fused-ring (bicyclic) bond motifs is 1. The minimum Gasteiger partial charge on any atom is -0.320 e. The van der Waals surface area contributed by atoms with Gasteiger partial charge in [-0.15, -0.1) is 0 Å². The van der Waals surface area contributed by atoms with Gasteiger partial charge in [0.05, 0.1) is 5.75 Å². The molecule has 2 aromatic carbocycles. The van der Waals surface area contributed by atoms with E-state index in [-0.39, 0.29) is 5.75 Å². The first kappa shape index (κ1) is 15.3. The number of anilines is 1. The highest BCUT2D eigenvalue weighted by Crippen LogP contribution is 2.23. The molecule has 0 amide bonds. The van der Waals surface area contributed by atoms with Crippen molar-refractivity contribution in [2.45, 2.75) is 6.42 Å². The Labute approximate surface area is 127 Å². The third kappa shape index (κ3) is 4.19. The van der Waals surface area contributed by atoms with Crippen molar-refractivity contribution in [3.8, 4) is 0 Å². The van der Waals surface area contributed by atoms with Gasteiger partial charge in [-0.2, -0.15) is 0 Å². The highest BCUT2D eigenvalue weighted by Gasteiger charge is 2.10. The van der Waals surface area contributed by atoms with Gasteiger partial charge in [-0.1, -0.05) is 28.1 Å². The summed E-state index contributed by atoms with van der Waals surface area (Å²) in [6.07, 6.45) is 0.590. The summed E-state index contributed by atoms with van der Waals surface area (Å²) in [4.78, 5) is 0. The van der Waals surface area contributed by atoms with Crippen molar-refractivity contribution in [1.29, 1.82) is 0 Å². The van der Waals surface area contributed by atoms with Crippen LogP contribution in [-0.4, -0.2) is 27.8 Å². The van der Waals surface area contributed by atoms with Gasteiger partial charge in [-0.05, 0) is 55.1 Å². The number of benzene rings is 2. The number of nitrogens with one attached hydrogen (secondary N) is 2. The smallest absolute Gasteiger partial charge is 0.232 e. The predicted octanol–water partition coefficient (Wildman–Crippen LogP) is 2.95. The van der Waals surface area contributed by atoms with Crippen LogP contribution in [0.2, 0.25) is 0 Å². The monoisotopic (exact) mass is 356 g/mol. The van der Waals surface area contributed by atoms with Crippen molar-refractivity contribution in [3.63, 3.8) is 0 Å². The first-order chi connectivity index (χ1) is 9.50. The standard InChI is InChI=1S/C14H17BrN2O2S/c1-16-7-2-8-20(18,19)17-14-6-4-11-9-13(15)5-3-12(11)10-14/h3-6,9-10,16-17H,2,7-8H2,1H3. The van der Waals surface area contributed by atoms with Crippen LogP contribution in [0.1, 0.15) is 6.42 Å². The summed E-state index contributed by atoms with van der Waals surface area (Å²) in [5.74, 6) is 0.117. The van der Waals surface area contributed by atoms with Crippen LogP contribution < -0.4 is 10.0 Å². The second-order valence-corrected chi connectivity index (χ2v) is 7.34. The van der Waals surface area contributed by atoms with E-state index >= 15 is 0 Å². The second-order valence-electron chi connectivity index (χ2n) is 4.58. The van der Waals surface area contributed by atoms with Crippen LogP contribution in [0.25, 0.3) is 10.8 Å². The summed E-state index contributed by atoms with van der Waals surface area (Å²) in [7, 11) is -1.48. The van der Waals surface area contributed by atoms with Crippen molar-refractivity contribution >= 4 is 42.4 Å². The van der Waals surface area contributed by atoms with Crippen LogP contribution in [0.4, 0.5) is 5.69 Å². The SMILES string of the molecule is CNCCCS(=O)(=O)Nc1ccc2cc(Br)ccc2c1. The van der Waals surface area contributed by atoms with Gasteiger partial charge in [0.15, 0.2) is 0 Å². The molecule has 0 aromatic heterocycles.